The molecule has 0 radical (unpaired) electrons. The molecule has 7 nitrogen and oxygen atoms in total. The number of H-pyrrole nitrogens is 1. The molecule has 0 aliphatic rings. The minimum absolute atomic E-state index is 0.00189. The van der Waals surface area contributed by atoms with Crippen molar-refractivity contribution >= 4 is 18.6 Å². The summed E-state index contributed by atoms with van der Waals surface area (Å²) in [5.41, 5.74) is -3.41. The van der Waals surface area contributed by atoms with Crippen LogP contribution in [0.15, 0.2) is 39.7 Å². The van der Waals surface area contributed by atoms with Gasteiger partial charge in [0.2, 0.25) is 0 Å². The molecule has 0 aliphatic heterocycles. The van der Waals surface area contributed by atoms with Crippen molar-refractivity contribution < 1.29 is 27.5 Å². The first-order valence-corrected chi connectivity index (χ1v) is 7.74. The lowest BCUT2D eigenvalue weighted by Crippen LogP contribution is -2.36. The molecule has 0 amide bonds. The van der Waals surface area contributed by atoms with Gasteiger partial charge in [-0.25, -0.2) is 0 Å². The summed E-state index contributed by atoms with van der Waals surface area (Å²) in [6, 6.07) is 2.42. The number of benzene rings is 1. The van der Waals surface area contributed by atoms with Crippen LogP contribution in [0, 0.1) is 0 Å². The van der Waals surface area contributed by atoms with Gasteiger partial charge in [-0.2, -0.15) is 13.2 Å². The maximum Gasteiger partial charge on any atom is 0.416 e. The smallest absolute Gasteiger partial charge is 0.321 e. The van der Waals surface area contributed by atoms with Crippen LogP contribution in [0.5, 0.6) is 0 Å². The van der Waals surface area contributed by atoms with E-state index in [4.69, 9.17) is 9.79 Å². The van der Waals surface area contributed by atoms with Crippen molar-refractivity contribution in [1.82, 2.24) is 9.55 Å². The molecule has 124 valence electrons. The third kappa shape index (κ3) is 3.98. The highest BCUT2D eigenvalue weighted by atomic mass is 31.2. The van der Waals surface area contributed by atoms with Gasteiger partial charge in [0.25, 0.3) is 0 Å². The molecule has 23 heavy (non-hydrogen) atoms. The number of allylic oxidation sites excluding steroid dienone is 1. The molecule has 0 saturated heterocycles. The van der Waals surface area contributed by atoms with Gasteiger partial charge in [0, 0.05) is 12.4 Å². The number of nitrogens with zero attached hydrogens (tertiary/aromatic N) is 1. The largest absolute Gasteiger partial charge is 0.416 e. The Kier molecular flexibility index (Phi) is 4.34. The van der Waals surface area contributed by atoms with Gasteiger partial charge in [-0.15, -0.1) is 0 Å². The Morgan fingerprint density at radius 3 is 2.48 bits per heavy atom. The zero-order valence-corrected chi connectivity index (χ0v) is 12.1. The van der Waals surface area contributed by atoms with Crippen molar-refractivity contribution in [3.05, 3.63) is 56.4 Å². The van der Waals surface area contributed by atoms with Crippen molar-refractivity contribution in [2.45, 2.75) is 12.7 Å². The summed E-state index contributed by atoms with van der Waals surface area (Å²) < 4.78 is 49.6. The average Bonchev–Trinajstić information content (AvgIpc) is 2.40. The van der Waals surface area contributed by atoms with Crippen LogP contribution in [0.3, 0.4) is 0 Å². The van der Waals surface area contributed by atoms with Gasteiger partial charge in [-0.3, -0.25) is 18.7 Å². The van der Waals surface area contributed by atoms with Crippen molar-refractivity contribution in [2.24, 2.45) is 0 Å². The Morgan fingerprint density at radius 2 is 1.91 bits per heavy atom. The second-order valence-corrected chi connectivity index (χ2v) is 6.05. The molecular weight excluding hydrogens is 340 g/mol. The third-order valence-corrected chi connectivity index (χ3v) is 3.49. The molecule has 0 aliphatic carbocycles. The molecule has 11 heteroatoms. The van der Waals surface area contributed by atoms with Gasteiger partial charge < -0.3 is 14.8 Å². The Balaban J connectivity index is 2.62. The molecule has 0 unspecified atom stereocenters. The predicted octanol–water partition coefficient (Wildman–Crippen LogP) is 1.40. The second kappa shape index (κ2) is 5.80. The fraction of sp³-hybridized carbons (Fsp3) is 0.167. The first-order valence-electron chi connectivity index (χ1n) is 6.06. The predicted molar refractivity (Wildman–Crippen MR) is 75.0 cm³/mol. The molecule has 2 aromatic rings. The minimum Gasteiger partial charge on any atom is -0.321 e. The van der Waals surface area contributed by atoms with Crippen molar-refractivity contribution in [3.63, 3.8) is 0 Å². The molecule has 0 bridgehead atoms. The lowest BCUT2D eigenvalue weighted by molar-refractivity contribution is -0.137. The molecule has 0 fully saturated rings. The number of aromatic amines is 1. The first-order chi connectivity index (χ1) is 10.5. The zero-order chi connectivity index (χ0) is 17.4. The van der Waals surface area contributed by atoms with Gasteiger partial charge in [-0.05, 0) is 18.2 Å². The summed E-state index contributed by atoms with van der Waals surface area (Å²) in [6.45, 7) is -0.379. The van der Waals surface area contributed by atoms with Crippen LogP contribution >= 0.6 is 7.60 Å². The summed E-state index contributed by atoms with van der Waals surface area (Å²) in [4.78, 5) is 42.8. The maximum atomic E-state index is 12.7. The highest BCUT2D eigenvalue weighted by molar-refractivity contribution is 7.55. The highest BCUT2D eigenvalue weighted by Crippen LogP contribution is 2.36. The SMILES string of the molecule is O=c1[nH]c2cc(C(F)(F)F)ccc2n(C/C=C\P(=O)(O)O)c1=O. The van der Waals surface area contributed by atoms with E-state index in [1.54, 1.807) is 0 Å². The van der Waals surface area contributed by atoms with E-state index >= 15 is 0 Å². The number of rotatable bonds is 3. The molecule has 0 saturated carbocycles. The summed E-state index contributed by atoms with van der Waals surface area (Å²) in [6.07, 6.45) is -3.66. The number of aromatic nitrogens is 2. The van der Waals surface area contributed by atoms with E-state index in [0.717, 1.165) is 22.8 Å². The van der Waals surface area contributed by atoms with Crippen LogP contribution in [-0.4, -0.2) is 19.3 Å². The van der Waals surface area contributed by atoms with Crippen molar-refractivity contribution in [1.29, 1.82) is 0 Å². The maximum absolute atomic E-state index is 12.7. The number of alkyl halides is 3. The van der Waals surface area contributed by atoms with Crippen LogP contribution in [0.4, 0.5) is 13.2 Å². The number of nitrogens with one attached hydrogen (secondary N) is 1. The second-order valence-electron chi connectivity index (χ2n) is 4.57. The summed E-state index contributed by atoms with van der Waals surface area (Å²) >= 11 is 0. The molecule has 2 rings (SSSR count). The summed E-state index contributed by atoms with van der Waals surface area (Å²) in [7, 11) is -4.45. The fourth-order valence-electron chi connectivity index (χ4n) is 1.93. The Morgan fingerprint density at radius 1 is 1.26 bits per heavy atom. The van der Waals surface area contributed by atoms with Gasteiger partial charge in [0.05, 0.1) is 16.6 Å². The summed E-state index contributed by atoms with van der Waals surface area (Å²) in [5.74, 6) is 0.538. The van der Waals surface area contributed by atoms with E-state index < -0.39 is 30.5 Å². The molecule has 1 aromatic heterocycles. The highest BCUT2D eigenvalue weighted by Gasteiger charge is 2.30. The van der Waals surface area contributed by atoms with Gasteiger partial charge in [0.15, 0.2) is 0 Å². The molecular formula is C12H10F3N2O5P. The van der Waals surface area contributed by atoms with Crippen LogP contribution < -0.4 is 11.1 Å². The quantitative estimate of drug-likeness (QED) is 0.572. The monoisotopic (exact) mass is 350 g/mol. The third-order valence-electron chi connectivity index (χ3n) is 2.89. The Bertz CT molecular complexity index is 938. The van der Waals surface area contributed by atoms with Gasteiger partial charge in [0.1, 0.15) is 0 Å². The number of fused-ring (bicyclic) bond motifs is 1. The van der Waals surface area contributed by atoms with Gasteiger partial charge in [-0.1, -0.05) is 6.08 Å². The Hall–Kier alpha value is -2.16. The van der Waals surface area contributed by atoms with Gasteiger partial charge >= 0.3 is 24.9 Å². The number of hydrogen-bond donors (Lipinski definition) is 3. The van der Waals surface area contributed by atoms with Crippen molar-refractivity contribution in [3.8, 4) is 0 Å². The topological polar surface area (TPSA) is 112 Å². The van der Waals surface area contributed by atoms with E-state index in [1.165, 1.54) is 0 Å². The molecule has 3 N–H and O–H groups in total. The lowest BCUT2D eigenvalue weighted by atomic mass is 10.2. The Labute approximate surface area is 125 Å². The van der Waals surface area contributed by atoms with E-state index in [9.17, 15) is 27.3 Å². The van der Waals surface area contributed by atoms with Crippen LogP contribution in [0.1, 0.15) is 5.56 Å². The van der Waals surface area contributed by atoms with Crippen LogP contribution in [0.2, 0.25) is 0 Å². The first kappa shape index (κ1) is 17.2. The standard InChI is InChI=1S/C12H10F3N2O5P/c13-12(14,15)7-2-3-9-8(6-7)16-10(18)11(19)17(9)4-1-5-23(20,21)22/h1-3,5-6H,4H2,(H,16,18)(H2,20,21,22)/b5-1-. The molecule has 1 heterocycles. The van der Waals surface area contributed by atoms with E-state index in [0.29, 0.717) is 11.9 Å². The average molecular weight is 350 g/mol. The van der Waals surface area contributed by atoms with E-state index in [2.05, 4.69) is 4.98 Å². The normalized spacial score (nSPS) is 13.1. The zero-order valence-electron chi connectivity index (χ0n) is 11.2. The number of hydrogen-bond acceptors (Lipinski definition) is 3. The molecule has 0 spiro atoms. The van der Waals surface area contributed by atoms with Crippen molar-refractivity contribution in [2.75, 3.05) is 0 Å². The lowest BCUT2D eigenvalue weighted by Gasteiger charge is -2.11. The number of halogens is 3. The summed E-state index contributed by atoms with van der Waals surface area (Å²) in [5, 5.41) is 0. The fourth-order valence-corrected chi connectivity index (χ4v) is 2.30. The molecule has 1 aromatic carbocycles. The van der Waals surface area contributed by atoms with Crippen LogP contribution in [-0.2, 0) is 17.3 Å². The molecule has 0 atom stereocenters. The van der Waals surface area contributed by atoms with E-state index in [-0.39, 0.29) is 17.6 Å². The van der Waals surface area contributed by atoms with E-state index in [1.807, 2.05) is 0 Å². The van der Waals surface area contributed by atoms with Crippen LogP contribution in [0.25, 0.3) is 11.0 Å². The minimum atomic E-state index is -4.62.